The molecule has 0 spiro atoms. The normalized spacial score (nSPS) is 12.0. The lowest BCUT2D eigenvalue weighted by Gasteiger charge is -2.19. The van der Waals surface area contributed by atoms with Crippen LogP contribution in [0.4, 0.5) is 0 Å². The van der Waals surface area contributed by atoms with Crippen molar-refractivity contribution in [1.82, 2.24) is 0 Å². The van der Waals surface area contributed by atoms with Crippen LogP contribution in [0.25, 0.3) is 110 Å². The van der Waals surface area contributed by atoms with Gasteiger partial charge in [0.2, 0.25) is 0 Å². The third-order valence-electron chi connectivity index (χ3n) is 10.4. The molecule has 0 saturated carbocycles. The van der Waals surface area contributed by atoms with Gasteiger partial charge in [0.15, 0.2) is 0 Å². The minimum absolute atomic E-state index is 0.858. The van der Waals surface area contributed by atoms with Crippen LogP contribution >= 0.6 is 0 Å². The van der Waals surface area contributed by atoms with Gasteiger partial charge in [-0.05, 0) is 102 Å². The van der Waals surface area contributed by atoms with Crippen LogP contribution < -0.4 is 0 Å². The second-order valence-corrected chi connectivity index (χ2v) is 13.2. The molecule has 2 aromatic heterocycles. The average Bonchev–Trinajstić information content (AvgIpc) is 3.76. The van der Waals surface area contributed by atoms with E-state index < -0.39 is 0 Å². The summed E-state index contributed by atoms with van der Waals surface area (Å²) >= 11 is 0. The lowest BCUT2D eigenvalue weighted by molar-refractivity contribution is 0.631. The van der Waals surface area contributed by atoms with E-state index in [1.54, 1.807) is 0 Å². The Morgan fingerprint density at radius 1 is 0.280 bits per heavy atom. The molecule has 50 heavy (non-hydrogen) atoms. The van der Waals surface area contributed by atoms with Crippen molar-refractivity contribution in [3.63, 3.8) is 0 Å². The maximum absolute atomic E-state index is 6.60. The second-order valence-electron chi connectivity index (χ2n) is 13.2. The number of benzene rings is 9. The lowest BCUT2D eigenvalue weighted by Crippen LogP contribution is -1.92. The summed E-state index contributed by atoms with van der Waals surface area (Å²) in [5.41, 5.74) is 8.52. The van der Waals surface area contributed by atoms with Crippen LogP contribution in [0, 0.1) is 0 Å². The Kier molecular flexibility index (Phi) is 5.70. The molecule has 0 bridgehead atoms. The van der Waals surface area contributed by atoms with Crippen molar-refractivity contribution < 1.29 is 8.83 Å². The molecule has 0 aliphatic heterocycles. The largest absolute Gasteiger partial charge is 0.456 e. The number of hydrogen-bond donors (Lipinski definition) is 0. The van der Waals surface area contributed by atoms with Crippen molar-refractivity contribution in [3.05, 3.63) is 170 Å². The highest BCUT2D eigenvalue weighted by molar-refractivity contribution is 6.26. The first-order valence-corrected chi connectivity index (χ1v) is 17.1. The zero-order chi connectivity index (χ0) is 32.8. The van der Waals surface area contributed by atoms with Crippen molar-refractivity contribution in [2.45, 2.75) is 0 Å². The van der Waals surface area contributed by atoms with Crippen molar-refractivity contribution in [3.8, 4) is 33.6 Å². The Morgan fingerprint density at radius 2 is 0.880 bits per heavy atom. The highest BCUT2D eigenvalue weighted by atomic mass is 16.3. The summed E-state index contributed by atoms with van der Waals surface area (Å²) in [6.45, 7) is 0. The first-order chi connectivity index (χ1) is 24.8. The van der Waals surface area contributed by atoms with E-state index in [0.29, 0.717) is 0 Å². The zero-order valence-electron chi connectivity index (χ0n) is 27.0. The van der Waals surface area contributed by atoms with E-state index in [0.717, 1.165) is 49.8 Å². The van der Waals surface area contributed by atoms with Gasteiger partial charge < -0.3 is 8.83 Å². The Balaban J connectivity index is 1.15. The molecule has 0 aliphatic carbocycles. The van der Waals surface area contributed by atoms with Gasteiger partial charge in [-0.15, -0.1) is 0 Å². The fraction of sp³-hybridized carbons (Fsp3) is 0. The van der Waals surface area contributed by atoms with Gasteiger partial charge in [-0.2, -0.15) is 0 Å². The van der Waals surface area contributed by atoms with Crippen molar-refractivity contribution in [2.24, 2.45) is 0 Å². The van der Waals surface area contributed by atoms with E-state index in [2.05, 4.69) is 152 Å². The molecule has 9 aromatic carbocycles. The zero-order valence-corrected chi connectivity index (χ0v) is 27.0. The van der Waals surface area contributed by atoms with Gasteiger partial charge >= 0.3 is 0 Å². The predicted octanol–water partition coefficient (Wildman–Crippen LogP) is 13.9. The topological polar surface area (TPSA) is 26.3 Å². The predicted molar refractivity (Wildman–Crippen MR) is 210 cm³/mol. The van der Waals surface area contributed by atoms with E-state index in [1.165, 1.54) is 59.8 Å². The van der Waals surface area contributed by atoms with Crippen LogP contribution in [0.1, 0.15) is 0 Å². The summed E-state index contributed by atoms with van der Waals surface area (Å²) in [6, 6.07) is 60.9. The first-order valence-electron chi connectivity index (χ1n) is 17.1. The first kappa shape index (κ1) is 27.3. The number of rotatable bonds is 3. The summed E-state index contributed by atoms with van der Waals surface area (Å²) in [6.07, 6.45) is 0. The molecule has 0 N–H and O–H groups in total. The van der Waals surface area contributed by atoms with E-state index in [4.69, 9.17) is 8.83 Å². The molecule has 2 heterocycles. The summed E-state index contributed by atoms with van der Waals surface area (Å²) in [5.74, 6) is 0.860. The fourth-order valence-corrected chi connectivity index (χ4v) is 8.20. The van der Waals surface area contributed by atoms with Gasteiger partial charge in [-0.3, -0.25) is 0 Å². The monoisotopic (exact) mass is 636 g/mol. The van der Waals surface area contributed by atoms with Crippen LogP contribution in [-0.2, 0) is 0 Å². The molecule has 0 saturated heterocycles. The van der Waals surface area contributed by atoms with Crippen LogP contribution in [0.2, 0.25) is 0 Å². The SMILES string of the molecule is c1ccc(-c2cc3cc4oc5cc(-c6c7ccccc7c(-c7cc8ccccc8c8ccccc78)c7ccccc67)ccc5c4cc3o2)cc1. The quantitative estimate of drug-likeness (QED) is 0.142. The molecule has 0 amide bonds. The molecule has 0 aliphatic rings. The molecule has 0 fully saturated rings. The number of hydrogen-bond acceptors (Lipinski definition) is 2. The second kappa shape index (κ2) is 10.4. The van der Waals surface area contributed by atoms with Crippen molar-refractivity contribution in [2.75, 3.05) is 0 Å². The standard InChI is InChI=1S/C48H28O2/c1-2-12-29(13-3-1)43-26-32-27-46-41(28-44(32)49-43)36-23-22-31(25-45(36)50-46)47-37-18-8-10-20-39(37)48(40-21-11-9-19-38(40)47)42-24-30-14-4-5-15-33(30)34-16-6-7-17-35(34)42/h1-28H. The summed E-state index contributed by atoms with van der Waals surface area (Å²) in [5, 5.41) is 13.1. The third kappa shape index (κ3) is 3.96. The van der Waals surface area contributed by atoms with E-state index in [9.17, 15) is 0 Å². The highest BCUT2D eigenvalue weighted by Gasteiger charge is 2.20. The van der Waals surface area contributed by atoms with Crippen LogP contribution in [0.3, 0.4) is 0 Å². The van der Waals surface area contributed by atoms with Crippen molar-refractivity contribution >= 4 is 76.0 Å². The minimum atomic E-state index is 0.858. The lowest BCUT2D eigenvalue weighted by atomic mass is 9.84. The van der Waals surface area contributed by atoms with Crippen LogP contribution in [0.5, 0.6) is 0 Å². The van der Waals surface area contributed by atoms with Gasteiger partial charge in [-0.1, -0.05) is 133 Å². The molecular formula is C48H28O2. The minimum Gasteiger partial charge on any atom is -0.456 e. The molecule has 2 nitrogen and oxygen atoms in total. The average molecular weight is 637 g/mol. The van der Waals surface area contributed by atoms with E-state index >= 15 is 0 Å². The maximum Gasteiger partial charge on any atom is 0.136 e. The third-order valence-corrected chi connectivity index (χ3v) is 10.4. The highest BCUT2D eigenvalue weighted by Crippen LogP contribution is 2.47. The molecule has 11 aromatic rings. The molecule has 232 valence electrons. The van der Waals surface area contributed by atoms with Crippen molar-refractivity contribution in [1.29, 1.82) is 0 Å². The van der Waals surface area contributed by atoms with E-state index in [-0.39, 0.29) is 0 Å². The molecule has 0 atom stereocenters. The summed E-state index contributed by atoms with van der Waals surface area (Å²) in [7, 11) is 0. The van der Waals surface area contributed by atoms with Gasteiger partial charge in [0.05, 0.1) is 0 Å². The van der Waals surface area contributed by atoms with Gasteiger partial charge in [0.25, 0.3) is 0 Å². The molecule has 0 unspecified atom stereocenters. The van der Waals surface area contributed by atoms with Crippen LogP contribution in [0.15, 0.2) is 179 Å². The maximum atomic E-state index is 6.60. The van der Waals surface area contributed by atoms with Crippen LogP contribution in [-0.4, -0.2) is 0 Å². The Labute approximate surface area is 287 Å². The van der Waals surface area contributed by atoms with Gasteiger partial charge in [0, 0.05) is 21.7 Å². The molecular weight excluding hydrogens is 609 g/mol. The fourth-order valence-electron chi connectivity index (χ4n) is 8.20. The van der Waals surface area contributed by atoms with Gasteiger partial charge in [0.1, 0.15) is 22.5 Å². The Hall–Kier alpha value is -6.64. The summed E-state index contributed by atoms with van der Waals surface area (Å²) < 4.78 is 12.9. The summed E-state index contributed by atoms with van der Waals surface area (Å²) in [4.78, 5) is 0. The molecule has 11 rings (SSSR count). The molecule has 2 heteroatoms. The van der Waals surface area contributed by atoms with Gasteiger partial charge in [-0.25, -0.2) is 0 Å². The molecule has 0 radical (unpaired) electrons. The smallest absolute Gasteiger partial charge is 0.136 e. The Morgan fingerprint density at radius 3 is 1.62 bits per heavy atom. The number of fused-ring (bicyclic) bond motifs is 9. The number of furan rings is 2. The Bertz CT molecular complexity index is 3080. The van der Waals surface area contributed by atoms with E-state index in [1.807, 2.05) is 18.2 Å².